The number of Topliss-reactive ketones (excluding diaryl/α,β-unsaturated/α-hetero) is 2. The number of ketones is 2. The van der Waals surface area contributed by atoms with Crippen LogP contribution in [0.25, 0.3) is 16.5 Å². The van der Waals surface area contributed by atoms with Crippen molar-refractivity contribution in [3.05, 3.63) is 35.6 Å². The number of hydrogen-bond acceptors (Lipinski definition) is 6. The van der Waals surface area contributed by atoms with Crippen molar-refractivity contribution in [2.45, 2.75) is 34.6 Å². The van der Waals surface area contributed by atoms with E-state index in [1.54, 1.807) is 36.1 Å². The van der Waals surface area contributed by atoms with Gasteiger partial charge in [-0.1, -0.05) is 6.07 Å². The molecular weight excluding hydrogens is 398 g/mol. The number of nitriles is 1. The van der Waals surface area contributed by atoms with Crippen molar-refractivity contribution in [3.8, 4) is 6.07 Å². The smallest absolute Gasteiger partial charge is 0.249 e. The van der Waals surface area contributed by atoms with Crippen LogP contribution in [-0.2, 0) is 14.4 Å². The molecule has 2 aromatic rings. The zero-order chi connectivity index (χ0) is 23.3. The van der Waals surface area contributed by atoms with Crippen molar-refractivity contribution in [1.82, 2.24) is 4.90 Å². The van der Waals surface area contributed by atoms with Gasteiger partial charge in [0, 0.05) is 31.5 Å². The van der Waals surface area contributed by atoms with Crippen molar-refractivity contribution in [3.63, 3.8) is 0 Å². The van der Waals surface area contributed by atoms with Crippen LogP contribution in [0.4, 0.5) is 5.69 Å². The minimum Gasteiger partial charge on any atom is -0.451 e. The van der Waals surface area contributed by atoms with E-state index in [0.29, 0.717) is 35.2 Å². The standard InChI is InChI=1S/C23H25N3O5/c1-6-26(7-2)20(29)10-13(3)16-8-9-19-17(11-16)21(22(31-19)15(5)28)25-23(30)18(12-24)14(4)27/h8-11,18H,6-7H2,1-5H3,(H,25,30). The van der Waals surface area contributed by atoms with Crippen LogP contribution in [0.3, 0.4) is 0 Å². The molecule has 0 aliphatic heterocycles. The highest BCUT2D eigenvalue weighted by molar-refractivity contribution is 6.15. The molecule has 1 heterocycles. The lowest BCUT2D eigenvalue weighted by Gasteiger charge is -2.16. The molecule has 1 N–H and O–H groups in total. The molecule has 8 heteroatoms. The van der Waals surface area contributed by atoms with Crippen LogP contribution in [0.5, 0.6) is 0 Å². The molecule has 1 aromatic carbocycles. The number of likely N-dealkylation sites (N-methyl/N-ethyl adjacent to an activating group) is 1. The Balaban J connectivity index is 2.54. The van der Waals surface area contributed by atoms with E-state index in [9.17, 15) is 19.2 Å². The van der Waals surface area contributed by atoms with Crippen LogP contribution in [0.1, 0.15) is 50.7 Å². The third-order valence-electron chi connectivity index (χ3n) is 4.92. The van der Waals surface area contributed by atoms with Gasteiger partial charge in [0.15, 0.2) is 23.2 Å². The maximum atomic E-state index is 12.4. The van der Waals surface area contributed by atoms with Crippen LogP contribution in [0.2, 0.25) is 0 Å². The van der Waals surface area contributed by atoms with Gasteiger partial charge in [0.05, 0.1) is 11.8 Å². The molecule has 1 unspecified atom stereocenters. The van der Waals surface area contributed by atoms with E-state index < -0.39 is 23.4 Å². The summed E-state index contributed by atoms with van der Waals surface area (Å²) in [6, 6.07) is 6.73. The predicted molar refractivity (Wildman–Crippen MR) is 116 cm³/mol. The molecule has 0 aliphatic rings. The van der Waals surface area contributed by atoms with Crippen LogP contribution in [0, 0.1) is 17.2 Å². The average molecular weight is 423 g/mol. The highest BCUT2D eigenvalue weighted by atomic mass is 16.3. The Morgan fingerprint density at radius 1 is 1.16 bits per heavy atom. The van der Waals surface area contributed by atoms with E-state index in [2.05, 4.69) is 5.32 Å². The van der Waals surface area contributed by atoms with E-state index in [1.807, 2.05) is 13.8 Å². The summed E-state index contributed by atoms with van der Waals surface area (Å²) in [6.45, 7) is 9.20. The zero-order valence-corrected chi connectivity index (χ0v) is 18.2. The van der Waals surface area contributed by atoms with Crippen molar-refractivity contribution >= 4 is 45.6 Å². The van der Waals surface area contributed by atoms with Crippen LogP contribution < -0.4 is 5.32 Å². The molecule has 0 saturated heterocycles. The van der Waals surface area contributed by atoms with E-state index in [-0.39, 0.29) is 17.4 Å². The number of hydrogen-bond donors (Lipinski definition) is 1. The van der Waals surface area contributed by atoms with E-state index in [4.69, 9.17) is 9.68 Å². The monoisotopic (exact) mass is 423 g/mol. The van der Waals surface area contributed by atoms with Crippen LogP contribution >= 0.6 is 0 Å². The quantitative estimate of drug-likeness (QED) is 0.394. The first-order valence-corrected chi connectivity index (χ1v) is 9.90. The maximum Gasteiger partial charge on any atom is 0.249 e. The Morgan fingerprint density at radius 3 is 2.32 bits per heavy atom. The summed E-state index contributed by atoms with van der Waals surface area (Å²) in [5, 5.41) is 12.0. The first-order chi connectivity index (χ1) is 14.6. The molecule has 8 nitrogen and oxygen atoms in total. The fourth-order valence-corrected chi connectivity index (χ4v) is 3.14. The lowest BCUT2D eigenvalue weighted by atomic mass is 10.0. The second kappa shape index (κ2) is 9.85. The normalized spacial score (nSPS) is 12.2. The minimum absolute atomic E-state index is 0.0819. The summed E-state index contributed by atoms with van der Waals surface area (Å²) in [7, 11) is 0. The number of rotatable bonds is 8. The number of amides is 2. The minimum atomic E-state index is -1.50. The molecule has 0 bridgehead atoms. The van der Waals surface area contributed by atoms with Gasteiger partial charge in [0.25, 0.3) is 0 Å². The van der Waals surface area contributed by atoms with Crippen molar-refractivity contribution in [2.75, 3.05) is 18.4 Å². The van der Waals surface area contributed by atoms with E-state index in [1.165, 1.54) is 13.0 Å². The number of benzene rings is 1. The van der Waals surface area contributed by atoms with Gasteiger partial charge in [-0.3, -0.25) is 19.2 Å². The second-order valence-electron chi connectivity index (χ2n) is 7.07. The van der Waals surface area contributed by atoms with Gasteiger partial charge < -0.3 is 14.6 Å². The summed E-state index contributed by atoms with van der Waals surface area (Å²) >= 11 is 0. The first-order valence-electron chi connectivity index (χ1n) is 9.90. The summed E-state index contributed by atoms with van der Waals surface area (Å²) in [5.74, 6) is -3.57. The van der Waals surface area contributed by atoms with Crippen molar-refractivity contribution in [2.24, 2.45) is 5.92 Å². The second-order valence-corrected chi connectivity index (χ2v) is 7.07. The number of allylic oxidation sites excluding steroid dienone is 1. The predicted octanol–water partition coefficient (Wildman–Crippen LogP) is 3.57. The van der Waals surface area contributed by atoms with Crippen molar-refractivity contribution in [1.29, 1.82) is 5.26 Å². The Kier molecular flexibility index (Phi) is 7.48. The number of fused-ring (bicyclic) bond motifs is 1. The summed E-state index contributed by atoms with van der Waals surface area (Å²) in [4.78, 5) is 50.1. The number of carbonyl (C=O) groups excluding carboxylic acids is 4. The lowest BCUT2D eigenvalue weighted by Crippen LogP contribution is -2.28. The number of furan rings is 1. The zero-order valence-electron chi connectivity index (χ0n) is 18.2. The Hall–Kier alpha value is -3.73. The molecule has 0 radical (unpaired) electrons. The Morgan fingerprint density at radius 2 is 1.81 bits per heavy atom. The molecule has 2 rings (SSSR count). The SMILES string of the molecule is CCN(CC)C(=O)C=C(C)c1ccc2oc(C(C)=O)c(NC(=O)C(C#N)C(C)=O)c2c1. The molecule has 0 fully saturated rings. The van der Waals surface area contributed by atoms with Gasteiger partial charge in [-0.05, 0) is 51.0 Å². The van der Waals surface area contributed by atoms with Crippen LogP contribution in [0.15, 0.2) is 28.7 Å². The van der Waals surface area contributed by atoms with Crippen LogP contribution in [-0.4, -0.2) is 41.4 Å². The molecule has 31 heavy (non-hydrogen) atoms. The summed E-state index contributed by atoms with van der Waals surface area (Å²) < 4.78 is 5.60. The Labute approximate surface area is 180 Å². The number of nitrogens with zero attached hydrogens (tertiary/aromatic N) is 2. The number of anilines is 1. The number of carbonyl (C=O) groups is 4. The van der Waals surface area contributed by atoms with Gasteiger partial charge in [-0.25, -0.2) is 0 Å². The molecule has 0 aliphatic carbocycles. The topological polar surface area (TPSA) is 120 Å². The third-order valence-corrected chi connectivity index (χ3v) is 4.92. The number of nitrogens with one attached hydrogen (secondary N) is 1. The van der Waals surface area contributed by atoms with Gasteiger partial charge in [0.2, 0.25) is 11.8 Å². The van der Waals surface area contributed by atoms with E-state index in [0.717, 1.165) is 6.92 Å². The Bertz CT molecular complexity index is 1120. The molecule has 2 amide bonds. The highest BCUT2D eigenvalue weighted by Crippen LogP contribution is 2.34. The average Bonchev–Trinajstić information content (AvgIpc) is 3.07. The van der Waals surface area contributed by atoms with Gasteiger partial charge in [0.1, 0.15) is 5.58 Å². The van der Waals surface area contributed by atoms with Gasteiger partial charge >= 0.3 is 0 Å². The summed E-state index contributed by atoms with van der Waals surface area (Å²) in [6.07, 6.45) is 1.53. The first kappa shape index (κ1) is 23.5. The maximum absolute atomic E-state index is 12.4. The van der Waals surface area contributed by atoms with Crippen molar-refractivity contribution < 1.29 is 23.6 Å². The lowest BCUT2D eigenvalue weighted by molar-refractivity contribution is -0.128. The molecule has 0 spiro atoms. The largest absolute Gasteiger partial charge is 0.451 e. The fraction of sp³-hybridized carbons (Fsp3) is 0.348. The van der Waals surface area contributed by atoms with Gasteiger partial charge in [-0.2, -0.15) is 5.26 Å². The molecule has 1 atom stereocenters. The molecule has 1 aromatic heterocycles. The van der Waals surface area contributed by atoms with E-state index >= 15 is 0 Å². The molecule has 0 saturated carbocycles. The third kappa shape index (κ3) is 5.07. The highest BCUT2D eigenvalue weighted by Gasteiger charge is 2.27. The summed E-state index contributed by atoms with van der Waals surface area (Å²) in [5.41, 5.74) is 1.84. The van der Waals surface area contributed by atoms with Gasteiger partial charge in [-0.15, -0.1) is 0 Å². The fourth-order valence-electron chi connectivity index (χ4n) is 3.14. The molecule has 162 valence electrons. The molecular formula is C23H25N3O5.